The summed E-state index contributed by atoms with van der Waals surface area (Å²) in [5.74, 6) is 0.0501. The fourth-order valence-corrected chi connectivity index (χ4v) is 2.87. The predicted molar refractivity (Wildman–Crippen MR) is 87.4 cm³/mol. The molecule has 0 heterocycles. The molecule has 0 aliphatic rings. The third-order valence-electron chi connectivity index (χ3n) is 3.80. The first kappa shape index (κ1) is 16.0. The van der Waals surface area contributed by atoms with E-state index in [4.69, 9.17) is 11.6 Å². The largest absolute Gasteiger partial charge is 0.319 e. The third kappa shape index (κ3) is 4.29. The van der Waals surface area contributed by atoms with Crippen molar-refractivity contribution in [2.45, 2.75) is 19.8 Å². The molecule has 0 spiro atoms. The SMILES string of the molecule is CNCC(Cc1ccccc1C)Cc1cccc(Cl)c1F. The lowest BCUT2D eigenvalue weighted by Gasteiger charge is -2.18. The van der Waals surface area contributed by atoms with Gasteiger partial charge in [0.2, 0.25) is 0 Å². The summed E-state index contributed by atoms with van der Waals surface area (Å²) in [6.45, 7) is 2.96. The molecule has 112 valence electrons. The molecule has 1 unspecified atom stereocenters. The minimum Gasteiger partial charge on any atom is -0.319 e. The monoisotopic (exact) mass is 305 g/mol. The average molecular weight is 306 g/mol. The van der Waals surface area contributed by atoms with Gasteiger partial charge in [0.15, 0.2) is 0 Å². The molecule has 0 bridgehead atoms. The van der Waals surface area contributed by atoms with Gasteiger partial charge in [-0.3, -0.25) is 0 Å². The van der Waals surface area contributed by atoms with Gasteiger partial charge < -0.3 is 5.32 Å². The number of nitrogens with one attached hydrogen (secondary N) is 1. The van der Waals surface area contributed by atoms with Gasteiger partial charge >= 0.3 is 0 Å². The van der Waals surface area contributed by atoms with Crippen LogP contribution in [0.15, 0.2) is 42.5 Å². The highest BCUT2D eigenvalue weighted by Crippen LogP contribution is 2.22. The highest BCUT2D eigenvalue weighted by Gasteiger charge is 2.15. The van der Waals surface area contributed by atoms with Crippen LogP contribution in [-0.4, -0.2) is 13.6 Å². The van der Waals surface area contributed by atoms with Crippen LogP contribution in [0.5, 0.6) is 0 Å². The summed E-state index contributed by atoms with van der Waals surface area (Å²) in [6.07, 6.45) is 1.61. The van der Waals surface area contributed by atoms with Crippen LogP contribution in [0, 0.1) is 18.7 Å². The van der Waals surface area contributed by atoms with E-state index in [-0.39, 0.29) is 10.8 Å². The Kier molecular flexibility index (Phi) is 5.77. The molecule has 0 saturated carbocycles. The Bertz CT molecular complexity index is 598. The van der Waals surface area contributed by atoms with Crippen LogP contribution in [0.1, 0.15) is 16.7 Å². The van der Waals surface area contributed by atoms with E-state index in [0.717, 1.165) is 13.0 Å². The summed E-state index contributed by atoms with van der Waals surface area (Å²) in [7, 11) is 1.93. The van der Waals surface area contributed by atoms with Crippen molar-refractivity contribution in [1.29, 1.82) is 0 Å². The minimum absolute atomic E-state index is 0.201. The number of halogens is 2. The molecular weight excluding hydrogens is 285 g/mol. The zero-order valence-electron chi connectivity index (χ0n) is 12.5. The Balaban J connectivity index is 2.16. The summed E-state index contributed by atoms with van der Waals surface area (Å²) in [5.41, 5.74) is 3.29. The highest BCUT2D eigenvalue weighted by atomic mass is 35.5. The second kappa shape index (κ2) is 7.58. The Labute approximate surface area is 131 Å². The minimum atomic E-state index is -0.287. The molecule has 1 atom stereocenters. The standard InChI is InChI=1S/C18H21ClFN/c1-13-6-3-4-7-15(13)10-14(12-21-2)11-16-8-5-9-17(19)18(16)20/h3-9,14,21H,10-12H2,1-2H3. The van der Waals surface area contributed by atoms with Crippen LogP contribution in [0.2, 0.25) is 5.02 Å². The van der Waals surface area contributed by atoms with Crippen molar-refractivity contribution in [2.75, 3.05) is 13.6 Å². The van der Waals surface area contributed by atoms with Gasteiger partial charge in [0.25, 0.3) is 0 Å². The van der Waals surface area contributed by atoms with Crippen LogP contribution < -0.4 is 5.32 Å². The van der Waals surface area contributed by atoms with E-state index in [2.05, 4.69) is 30.4 Å². The summed E-state index contributed by atoms with van der Waals surface area (Å²) >= 11 is 5.87. The van der Waals surface area contributed by atoms with Crippen LogP contribution in [-0.2, 0) is 12.8 Å². The molecule has 0 saturated heterocycles. The zero-order valence-corrected chi connectivity index (χ0v) is 13.3. The first-order chi connectivity index (χ1) is 10.1. The second-order valence-corrected chi connectivity index (χ2v) is 5.88. The van der Waals surface area contributed by atoms with E-state index >= 15 is 0 Å². The molecular formula is C18H21ClFN. The number of benzene rings is 2. The average Bonchev–Trinajstić information content (AvgIpc) is 2.46. The Morgan fingerprint density at radius 1 is 1.05 bits per heavy atom. The molecule has 2 aromatic rings. The van der Waals surface area contributed by atoms with E-state index in [9.17, 15) is 4.39 Å². The Morgan fingerprint density at radius 3 is 2.43 bits per heavy atom. The summed E-state index contributed by atoms with van der Waals surface area (Å²) in [5, 5.41) is 3.41. The maximum atomic E-state index is 14.1. The second-order valence-electron chi connectivity index (χ2n) is 5.47. The van der Waals surface area contributed by atoms with Crippen molar-refractivity contribution in [3.05, 3.63) is 70.0 Å². The van der Waals surface area contributed by atoms with E-state index in [1.165, 1.54) is 11.1 Å². The van der Waals surface area contributed by atoms with E-state index in [1.54, 1.807) is 6.07 Å². The summed E-state index contributed by atoms with van der Waals surface area (Å²) < 4.78 is 14.1. The smallest absolute Gasteiger partial charge is 0.144 e. The van der Waals surface area contributed by atoms with Crippen molar-refractivity contribution < 1.29 is 4.39 Å². The van der Waals surface area contributed by atoms with Gasteiger partial charge in [0, 0.05) is 0 Å². The van der Waals surface area contributed by atoms with Crippen LogP contribution in [0.25, 0.3) is 0 Å². The Morgan fingerprint density at radius 2 is 1.71 bits per heavy atom. The van der Waals surface area contributed by atoms with Gasteiger partial charge in [0.1, 0.15) is 5.82 Å². The van der Waals surface area contributed by atoms with Crippen molar-refractivity contribution in [1.82, 2.24) is 5.32 Å². The van der Waals surface area contributed by atoms with Gasteiger partial charge in [0.05, 0.1) is 5.02 Å². The van der Waals surface area contributed by atoms with Crippen LogP contribution in [0.4, 0.5) is 4.39 Å². The van der Waals surface area contributed by atoms with Gasteiger partial charge in [-0.1, -0.05) is 48.0 Å². The van der Waals surface area contributed by atoms with Crippen LogP contribution in [0.3, 0.4) is 0 Å². The van der Waals surface area contributed by atoms with Crippen molar-refractivity contribution in [3.8, 4) is 0 Å². The fourth-order valence-electron chi connectivity index (χ4n) is 2.67. The molecule has 3 heteroatoms. The molecule has 0 fully saturated rings. The zero-order chi connectivity index (χ0) is 15.2. The lowest BCUT2D eigenvalue weighted by molar-refractivity contribution is 0.479. The molecule has 0 aliphatic heterocycles. The quantitative estimate of drug-likeness (QED) is 0.833. The molecule has 0 amide bonds. The van der Waals surface area contributed by atoms with Gasteiger partial charge in [-0.25, -0.2) is 4.39 Å². The molecule has 21 heavy (non-hydrogen) atoms. The van der Waals surface area contributed by atoms with Crippen molar-refractivity contribution >= 4 is 11.6 Å². The summed E-state index contributed by atoms with van der Waals surface area (Å²) in [6, 6.07) is 13.6. The summed E-state index contributed by atoms with van der Waals surface area (Å²) in [4.78, 5) is 0. The normalized spacial score (nSPS) is 12.4. The molecule has 1 N–H and O–H groups in total. The lowest BCUT2D eigenvalue weighted by atomic mass is 9.90. The lowest BCUT2D eigenvalue weighted by Crippen LogP contribution is -2.23. The van der Waals surface area contributed by atoms with Gasteiger partial charge in [-0.15, -0.1) is 0 Å². The molecule has 0 aliphatic carbocycles. The topological polar surface area (TPSA) is 12.0 Å². The number of hydrogen-bond acceptors (Lipinski definition) is 1. The van der Waals surface area contributed by atoms with Crippen molar-refractivity contribution in [2.24, 2.45) is 5.92 Å². The highest BCUT2D eigenvalue weighted by molar-refractivity contribution is 6.30. The fraction of sp³-hybridized carbons (Fsp3) is 0.333. The molecule has 2 rings (SSSR count). The maximum absolute atomic E-state index is 14.1. The molecule has 1 nitrogen and oxygen atoms in total. The first-order valence-electron chi connectivity index (χ1n) is 7.23. The van der Waals surface area contributed by atoms with Crippen molar-refractivity contribution in [3.63, 3.8) is 0 Å². The number of rotatable bonds is 6. The van der Waals surface area contributed by atoms with Crippen LogP contribution >= 0.6 is 11.6 Å². The maximum Gasteiger partial charge on any atom is 0.144 e. The van der Waals surface area contributed by atoms with Gasteiger partial charge in [-0.05, 0) is 62.0 Å². The number of hydrogen-bond donors (Lipinski definition) is 1. The molecule has 2 aromatic carbocycles. The third-order valence-corrected chi connectivity index (χ3v) is 4.09. The first-order valence-corrected chi connectivity index (χ1v) is 7.61. The van der Waals surface area contributed by atoms with Gasteiger partial charge in [-0.2, -0.15) is 0 Å². The number of aryl methyl sites for hydroxylation is 1. The Hall–Kier alpha value is -1.38. The van der Waals surface area contributed by atoms with E-state index in [0.29, 0.717) is 17.9 Å². The predicted octanol–water partition coefficient (Wildman–Crippen LogP) is 4.41. The van der Waals surface area contributed by atoms with E-state index < -0.39 is 0 Å². The van der Waals surface area contributed by atoms with E-state index in [1.807, 2.05) is 25.2 Å². The molecule has 0 radical (unpaired) electrons. The molecule has 0 aromatic heterocycles.